The van der Waals surface area contributed by atoms with Gasteiger partial charge in [-0.3, -0.25) is 4.99 Å². The van der Waals surface area contributed by atoms with E-state index < -0.39 is 0 Å². The van der Waals surface area contributed by atoms with Gasteiger partial charge in [0.05, 0.1) is 0 Å². The Labute approximate surface area is 164 Å². The first-order valence-electron chi connectivity index (χ1n) is 8.81. The molecule has 0 unspecified atom stereocenters. The second-order valence-electron chi connectivity index (χ2n) is 6.29. The van der Waals surface area contributed by atoms with Crippen LogP contribution in [-0.2, 0) is 17.7 Å². The van der Waals surface area contributed by atoms with Gasteiger partial charge in [-0.1, -0.05) is 31.2 Å². The number of aliphatic imine (C=N–C) groups is 1. The quantitative estimate of drug-likeness (QED) is 0.412. The van der Waals surface area contributed by atoms with Crippen molar-refractivity contribution in [3.05, 3.63) is 35.4 Å². The van der Waals surface area contributed by atoms with E-state index in [4.69, 9.17) is 4.74 Å². The average molecular weight is 445 g/mol. The van der Waals surface area contributed by atoms with Crippen molar-refractivity contribution in [1.29, 1.82) is 0 Å². The monoisotopic (exact) mass is 445 g/mol. The number of rotatable bonds is 6. The topological polar surface area (TPSA) is 36.9 Å². The standard InChI is InChI=1S/C19H31N3O.HI/c1-4-17-7-5-6-8-18(17)15-21-19(20-2)22(3)12-9-16-10-13-23-14-11-16;/h5-8,16H,4,9-15H2,1-3H3,(H,20,21);1H. The molecule has 24 heavy (non-hydrogen) atoms. The van der Waals surface area contributed by atoms with Gasteiger partial charge in [0.2, 0.25) is 0 Å². The lowest BCUT2D eigenvalue weighted by molar-refractivity contribution is 0.0625. The van der Waals surface area contributed by atoms with Gasteiger partial charge < -0.3 is 15.0 Å². The van der Waals surface area contributed by atoms with Crippen LogP contribution < -0.4 is 5.32 Å². The molecule has 0 bridgehead atoms. The summed E-state index contributed by atoms with van der Waals surface area (Å²) < 4.78 is 5.43. The fourth-order valence-electron chi connectivity index (χ4n) is 3.15. The zero-order valence-electron chi connectivity index (χ0n) is 15.3. The van der Waals surface area contributed by atoms with E-state index in [1.54, 1.807) is 0 Å². The fraction of sp³-hybridized carbons (Fsp3) is 0.632. The summed E-state index contributed by atoms with van der Waals surface area (Å²) in [7, 11) is 3.99. The van der Waals surface area contributed by atoms with E-state index >= 15 is 0 Å². The molecule has 0 atom stereocenters. The number of nitrogens with one attached hydrogen (secondary N) is 1. The maximum Gasteiger partial charge on any atom is 0.193 e. The Morgan fingerprint density at radius 1 is 1.25 bits per heavy atom. The smallest absolute Gasteiger partial charge is 0.193 e. The minimum Gasteiger partial charge on any atom is -0.381 e. The van der Waals surface area contributed by atoms with Crippen molar-refractivity contribution >= 4 is 29.9 Å². The second-order valence-corrected chi connectivity index (χ2v) is 6.29. The zero-order chi connectivity index (χ0) is 16.5. The number of halogens is 1. The minimum atomic E-state index is 0. The van der Waals surface area contributed by atoms with Crippen molar-refractivity contribution in [2.75, 3.05) is 33.9 Å². The van der Waals surface area contributed by atoms with Crippen molar-refractivity contribution in [1.82, 2.24) is 10.2 Å². The third kappa shape index (κ3) is 6.59. The molecule has 1 N–H and O–H groups in total. The van der Waals surface area contributed by atoms with Crippen LogP contribution in [0.5, 0.6) is 0 Å². The van der Waals surface area contributed by atoms with E-state index in [1.165, 1.54) is 30.4 Å². The number of hydrogen-bond acceptors (Lipinski definition) is 2. The highest BCUT2D eigenvalue weighted by Gasteiger charge is 2.15. The summed E-state index contributed by atoms with van der Waals surface area (Å²) in [4.78, 5) is 6.67. The van der Waals surface area contributed by atoms with Gasteiger partial charge in [0.1, 0.15) is 0 Å². The zero-order valence-corrected chi connectivity index (χ0v) is 17.6. The molecule has 1 saturated heterocycles. The summed E-state index contributed by atoms with van der Waals surface area (Å²) in [6.07, 6.45) is 4.68. The van der Waals surface area contributed by atoms with Crippen LogP contribution in [0.1, 0.15) is 37.3 Å². The normalized spacial score (nSPS) is 15.7. The number of ether oxygens (including phenoxy) is 1. The van der Waals surface area contributed by atoms with Gasteiger partial charge in [-0.15, -0.1) is 24.0 Å². The summed E-state index contributed by atoms with van der Waals surface area (Å²) in [5, 5.41) is 3.50. The first-order valence-corrected chi connectivity index (χ1v) is 8.81. The Kier molecular flexibility index (Phi) is 10.3. The van der Waals surface area contributed by atoms with Gasteiger partial charge in [-0.25, -0.2) is 0 Å². The maximum absolute atomic E-state index is 5.43. The third-order valence-corrected chi connectivity index (χ3v) is 4.72. The molecular weight excluding hydrogens is 413 g/mol. The van der Waals surface area contributed by atoms with E-state index in [9.17, 15) is 0 Å². The fourth-order valence-corrected chi connectivity index (χ4v) is 3.15. The summed E-state index contributed by atoms with van der Waals surface area (Å²) in [5.41, 5.74) is 2.76. The molecule has 4 nitrogen and oxygen atoms in total. The van der Waals surface area contributed by atoms with E-state index in [2.05, 4.69) is 53.4 Å². The van der Waals surface area contributed by atoms with Crippen LogP contribution in [0.15, 0.2) is 29.3 Å². The number of guanidine groups is 1. The molecule has 1 fully saturated rings. The summed E-state index contributed by atoms with van der Waals surface area (Å²) in [5.74, 6) is 1.77. The van der Waals surface area contributed by atoms with Gasteiger partial charge in [-0.2, -0.15) is 0 Å². The van der Waals surface area contributed by atoms with Gasteiger partial charge >= 0.3 is 0 Å². The van der Waals surface area contributed by atoms with Crippen LogP contribution in [0.3, 0.4) is 0 Å². The summed E-state index contributed by atoms with van der Waals surface area (Å²) in [6, 6.07) is 8.61. The van der Waals surface area contributed by atoms with Crippen molar-refractivity contribution in [3.8, 4) is 0 Å². The Balaban J connectivity index is 0.00000288. The molecule has 1 aromatic carbocycles. The molecular formula is C19H32IN3O. The molecule has 1 heterocycles. The van der Waals surface area contributed by atoms with Crippen LogP contribution in [0, 0.1) is 5.92 Å². The van der Waals surface area contributed by atoms with E-state index in [0.717, 1.165) is 44.6 Å². The van der Waals surface area contributed by atoms with Crippen LogP contribution in [0.25, 0.3) is 0 Å². The van der Waals surface area contributed by atoms with Crippen molar-refractivity contribution in [3.63, 3.8) is 0 Å². The molecule has 1 aliphatic rings. The number of aryl methyl sites for hydroxylation is 1. The van der Waals surface area contributed by atoms with Crippen LogP contribution in [-0.4, -0.2) is 44.7 Å². The lowest BCUT2D eigenvalue weighted by atomic mass is 9.96. The molecule has 0 aromatic heterocycles. The molecule has 0 saturated carbocycles. The van der Waals surface area contributed by atoms with Crippen molar-refractivity contribution in [2.45, 2.75) is 39.2 Å². The van der Waals surface area contributed by atoms with Crippen LogP contribution >= 0.6 is 24.0 Å². The summed E-state index contributed by atoms with van der Waals surface area (Å²) >= 11 is 0. The number of hydrogen-bond donors (Lipinski definition) is 1. The second kappa shape index (κ2) is 11.7. The SMILES string of the molecule is CCc1ccccc1CNC(=NC)N(C)CCC1CCOCC1.I. The number of benzene rings is 1. The average Bonchev–Trinajstić information content (AvgIpc) is 2.61. The lowest BCUT2D eigenvalue weighted by Crippen LogP contribution is -2.39. The molecule has 1 aromatic rings. The molecule has 5 heteroatoms. The Morgan fingerprint density at radius 3 is 2.54 bits per heavy atom. The van der Waals surface area contributed by atoms with Crippen LogP contribution in [0.4, 0.5) is 0 Å². The molecule has 2 rings (SSSR count). The highest BCUT2D eigenvalue weighted by Crippen LogP contribution is 2.18. The maximum atomic E-state index is 5.43. The molecule has 0 amide bonds. The Morgan fingerprint density at radius 2 is 1.92 bits per heavy atom. The van der Waals surface area contributed by atoms with E-state index in [-0.39, 0.29) is 24.0 Å². The highest BCUT2D eigenvalue weighted by molar-refractivity contribution is 14.0. The van der Waals surface area contributed by atoms with E-state index in [1.807, 2.05) is 7.05 Å². The number of nitrogens with zero attached hydrogens (tertiary/aromatic N) is 2. The van der Waals surface area contributed by atoms with Crippen LogP contribution in [0.2, 0.25) is 0 Å². The first kappa shape index (κ1) is 21.2. The largest absolute Gasteiger partial charge is 0.381 e. The highest BCUT2D eigenvalue weighted by atomic mass is 127. The predicted octanol–water partition coefficient (Wildman–Crippen LogP) is 3.69. The molecule has 0 aliphatic carbocycles. The molecule has 1 aliphatic heterocycles. The minimum absolute atomic E-state index is 0. The third-order valence-electron chi connectivity index (χ3n) is 4.72. The Bertz CT molecular complexity index is 501. The van der Waals surface area contributed by atoms with Gasteiger partial charge in [0.25, 0.3) is 0 Å². The van der Waals surface area contributed by atoms with Crippen molar-refractivity contribution < 1.29 is 4.74 Å². The molecule has 0 spiro atoms. The Hall–Kier alpha value is -0.820. The lowest BCUT2D eigenvalue weighted by Gasteiger charge is -2.27. The van der Waals surface area contributed by atoms with Gasteiger partial charge in [0.15, 0.2) is 5.96 Å². The van der Waals surface area contributed by atoms with Gasteiger partial charge in [0, 0.05) is 40.4 Å². The van der Waals surface area contributed by atoms with Gasteiger partial charge in [-0.05, 0) is 42.7 Å². The first-order chi connectivity index (χ1) is 11.2. The predicted molar refractivity (Wildman–Crippen MR) is 112 cm³/mol. The summed E-state index contributed by atoms with van der Waals surface area (Å²) in [6.45, 7) is 5.93. The molecule has 136 valence electrons. The van der Waals surface area contributed by atoms with E-state index in [0.29, 0.717) is 0 Å². The molecule has 0 radical (unpaired) electrons. The van der Waals surface area contributed by atoms with Crippen molar-refractivity contribution in [2.24, 2.45) is 10.9 Å².